The third-order valence-electron chi connectivity index (χ3n) is 5.08. The van der Waals surface area contributed by atoms with Gasteiger partial charge in [0, 0.05) is 12.5 Å². The number of carbonyl (C=O) groups excluding carboxylic acids is 3. The van der Waals surface area contributed by atoms with Crippen LogP contribution in [0.4, 0.5) is 0 Å². The van der Waals surface area contributed by atoms with Gasteiger partial charge in [0.1, 0.15) is 0 Å². The molecule has 3 N–H and O–H groups in total. The van der Waals surface area contributed by atoms with Crippen molar-refractivity contribution in [2.75, 3.05) is 6.54 Å². The Balaban J connectivity index is 1.95. The molecule has 136 valence electrons. The van der Waals surface area contributed by atoms with Gasteiger partial charge >= 0.3 is 0 Å². The van der Waals surface area contributed by atoms with E-state index in [4.69, 9.17) is 5.73 Å². The maximum atomic E-state index is 12.5. The lowest BCUT2D eigenvalue weighted by molar-refractivity contribution is -0.136. The number of hydrogen-bond donors (Lipinski definition) is 2. The first-order chi connectivity index (χ1) is 11.4. The van der Waals surface area contributed by atoms with Crippen LogP contribution in [0.25, 0.3) is 0 Å². The Kier molecular flexibility index (Phi) is 6.78. The Hall–Kier alpha value is -1.43. The lowest BCUT2D eigenvalue weighted by Gasteiger charge is -2.33. The van der Waals surface area contributed by atoms with E-state index in [0.29, 0.717) is 25.2 Å². The molecule has 0 aromatic carbocycles. The number of nitrogens with two attached hydrogens (primary N) is 1. The summed E-state index contributed by atoms with van der Waals surface area (Å²) in [5.74, 6) is -0.00503. The topological polar surface area (TPSA) is 92.5 Å². The molecule has 2 atom stereocenters. The van der Waals surface area contributed by atoms with Crippen LogP contribution >= 0.6 is 0 Å². The fourth-order valence-corrected chi connectivity index (χ4v) is 3.71. The first kappa shape index (κ1) is 18.9. The van der Waals surface area contributed by atoms with E-state index in [1.807, 2.05) is 13.8 Å². The van der Waals surface area contributed by atoms with Crippen LogP contribution in [0.2, 0.25) is 0 Å². The van der Waals surface area contributed by atoms with Gasteiger partial charge in [0.25, 0.3) is 0 Å². The Bertz CT molecular complexity index is 472. The number of carbonyl (C=O) groups is 3. The Labute approximate surface area is 144 Å². The lowest BCUT2D eigenvalue weighted by Crippen LogP contribution is -2.50. The highest BCUT2D eigenvalue weighted by Crippen LogP contribution is 2.25. The minimum absolute atomic E-state index is 0.0403. The van der Waals surface area contributed by atoms with Crippen molar-refractivity contribution in [2.24, 2.45) is 11.7 Å². The number of Topliss-reactive ketones (excluding diaryl/α,β-unsaturated/α-hetero) is 1. The third-order valence-corrected chi connectivity index (χ3v) is 5.08. The molecule has 24 heavy (non-hydrogen) atoms. The summed E-state index contributed by atoms with van der Waals surface area (Å²) in [5, 5.41) is 2.77. The molecule has 1 saturated heterocycles. The molecule has 0 aromatic heterocycles. The highest BCUT2D eigenvalue weighted by molar-refractivity contribution is 5.95. The molecule has 0 radical (unpaired) electrons. The molecule has 0 aromatic rings. The summed E-state index contributed by atoms with van der Waals surface area (Å²) in [6, 6.07) is -1.01. The summed E-state index contributed by atoms with van der Waals surface area (Å²) in [6.45, 7) is 4.13. The molecule has 0 spiro atoms. The number of ketones is 1. The first-order valence-electron chi connectivity index (χ1n) is 9.26. The highest BCUT2D eigenvalue weighted by atomic mass is 16.2. The van der Waals surface area contributed by atoms with Gasteiger partial charge in [-0.05, 0) is 31.6 Å². The fourth-order valence-electron chi connectivity index (χ4n) is 3.71. The zero-order valence-corrected chi connectivity index (χ0v) is 14.9. The second kappa shape index (κ2) is 8.60. The molecular weight excluding hydrogens is 306 g/mol. The summed E-state index contributed by atoms with van der Waals surface area (Å²) < 4.78 is 0. The van der Waals surface area contributed by atoms with Crippen LogP contribution < -0.4 is 11.1 Å². The quantitative estimate of drug-likeness (QED) is 0.792. The standard InChI is InChI=1S/C18H31N3O3/c1-12(2)10-14(19)18(24)20-15-8-9-17(23)21(11-16(15)22)13-6-4-3-5-7-13/h12-15H,3-11,19H2,1-2H3,(H,20,24)/t14-,15-/m0/s1. The smallest absolute Gasteiger partial charge is 0.237 e. The van der Waals surface area contributed by atoms with Gasteiger partial charge in [0.2, 0.25) is 11.8 Å². The molecule has 6 nitrogen and oxygen atoms in total. The van der Waals surface area contributed by atoms with Crippen LogP contribution in [-0.2, 0) is 14.4 Å². The molecule has 2 fully saturated rings. The summed E-state index contributed by atoms with van der Waals surface area (Å²) >= 11 is 0. The zero-order valence-electron chi connectivity index (χ0n) is 14.9. The van der Waals surface area contributed by atoms with Gasteiger partial charge in [-0.2, -0.15) is 0 Å². The average Bonchev–Trinajstić information content (AvgIpc) is 2.68. The fraction of sp³-hybridized carbons (Fsp3) is 0.833. The zero-order chi connectivity index (χ0) is 17.7. The van der Waals surface area contributed by atoms with Crippen molar-refractivity contribution in [3.63, 3.8) is 0 Å². The largest absolute Gasteiger partial charge is 0.345 e. The summed E-state index contributed by atoms with van der Waals surface area (Å²) in [4.78, 5) is 38.9. The summed E-state index contributed by atoms with van der Waals surface area (Å²) in [5.41, 5.74) is 5.89. The van der Waals surface area contributed by atoms with Gasteiger partial charge in [-0.15, -0.1) is 0 Å². The number of likely N-dealkylation sites (tertiary alicyclic amines) is 1. The normalized spacial score (nSPS) is 24.8. The van der Waals surface area contributed by atoms with Crippen molar-refractivity contribution >= 4 is 17.6 Å². The van der Waals surface area contributed by atoms with Crippen LogP contribution in [0.3, 0.4) is 0 Å². The van der Waals surface area contributed by atoms with E-state index in [1.54, 1.807) is 4.90 Å². The van der Waals surface area contributed by atoms with Crippen molar-refractivity contribution in [1.29, 1.82) is 0 Å². The Morgan fingerprint density at radius 3 is 2.50 bits per heavy atom. The first-order valence-corrected chi connectivity index (χ1v) is 9.26. The molecule has 2 amide bonds. The number of amides is 2. The van der Waals surface area contributed by atoms with E-state index in [0.717, 1.165) is 25.7 Å². The van der Waals surface area contributed by atoms with E-state index in [1.165, 1.54) is 6.42 Å². The van der Waals surface area contributed by atoms with Gasteiger partial charge in [0.05, 0.1) is 18.6 Å². The number of rotatable bonds is 5. The number of nitrogens with one attached hydrogen (secondary N) is 1. The molecule has 2 aliphatic rings. The lowest BCUT2D eigenvalue weighted by atomic mass is 9.94. The van der Waals surface area contributed by atoms with Crippen LogP contribution in [0, 0.1) is 5.92 Å². The van der Waals surface area contributed by atoms with Gasteiger partial charge in [-0.3, -0.25) is 14.4 Å². The number of nitrogens with zero attached hydrogens (tertiary/aromatic N) is 1. The van der Waals surface area contributed by atoms with Crippen LogP contribution in [0.1, 0.15) is 65.2 Å². The molecule has 1 aliphatic heterocycles. The molecule has 1 heterocycles. The van der Waals surface area contributed by atoms with Crippen LogP contribution in [0.15, 0.2) is 0 Å². The van der Waals surface area contributed by atoms with Gasteiger partial charge in [0.15, 0.2) is 5.78 Å². The predicted molar refractivity (Wildman–Crippen MR) is 92.2 cm³/mol. The molecule has 6 heteroatoms. The molecule has 1 saturated carbocycles. The predicted octanol–water partition coefficient (Wildman–Crippen LogP) is 1.37. The van der Waals surface area contributed by atoms with Crippen molar-refractivity contribution in [2.45, 2.75) is 83.3 Å². The molecule has 0 bridgehead atoms. The molecule has 1 aliphatic carbocycles. The van der Waals surface area contributed by atoms with Crippen molar-refractivity contribution < 1.29 is 14.4 Å². The molecule has 2 rings (SSSR count). The second-order valence-electron chi connectivity index (χ2n) is 7.62. The van der Waals surface area contributed by atoms with Crippen molar-refractivity contribution in [3.8, 4) is 0 Å². The monoisotopic (exact) mass is 337 g/mol. The molecular formula is C18H31N3O3. The average molecular weight is 337 g/mol. The van der Waals surface area contributed by atoms with Gasteiger partial charge in [-0.1, -0.05) is 33.1 Å². The summed E-state index contributed by atoms with van der Waals surface area (Å²) in [7, 11) is 0. The minimum Gasteiger partial charge on any atom is -0.345 e. The van der Waals surface area contributed by atoms with Crippen LogP contribution in [-0.4, -0.2) is 47.2 Å². The Morgan fingerprint density at radius 1 is 1.21 bits per heavy atom. The third kappa shape index (κ3) is 5.03. The number of hydrogen-bond acceptors (Lipinski definition) is 4. The maximum Gasteiger partial charge on any atom is 0.237 e. The van der Waals surface area contributed by atoms with Gasteiger partial charge in [-0.25, -0.2) is 0 Å². The minimum atomic E-state index is -0.605. The van der Waals surface area contributed by atoms with E-state index in [-0.39, 0.29) is 30.2 Å². The summed E-state index contributed by atoms with van der Waals surface area (Å²) in [6.07, 6.45) is 6.68. The maximum absolute atomic E-state index is 12.5. The highest BCUT2D eigenvalue weighted by Gasteiger charge is 2.34. The second-order valence-corrected chi connectivity index (χ2v) is 7.62. The van der Waals surface area contributed by atoms with E-state index in [2.05, 4.69) is 5.32 Å². The SMILES string of the molecule is CC(C)C[C@H](N)C(=O)N[C@H]1CCC(=O)N(C2CCCCC2)CC1=O. The van der Waals surface area contributed by atoms with E-state index < -0.39 is 12.1 Å². The van der Waals surface area contributed by atoms with Crippen LogP contribution in [0.5, 0.6) is 0 Å². The van der Waals surface area contributed by atoms with Gasteiger partial charge < -0.3 is 16.0 Å². The molecule has 0 unspecified atom stereocenters. The van der Waals surface area contributed by atoms with Crippen molar-refractivity contribution in [3.05, 3.63) is 0 Å². The Morgan fingerprint density at radius 2 is 1.88 bits per heavy atom. The van der Waals surface area contributed by atoms with E-state index in [9.17, 15) is 14.4 Å². The van der Waals surface area contributed by atoms with E-state index >= 15 is 0 Å². The van der Waals surface area contributed by atoms with Crippen molar-refractivity contribution in [1.82, 2.24) is 10.2 Å².